The Kier molecular flexibility index (Phi) is 3.97. The Morgan fingerprint density at radius 1 is 1.16 bits per heavy atom. The lowest BCUT2D eigenvalue weighted by Gasteiger charge is -2.16. The van der Waals surface area contributed by atoms with E-state index in [4.69, 9.17) is 5.11 Å². The van der Waals surface area contributed by atoms with Crippen LogP contribution in [0.5, 0.6) is 0 Å². The summed E-state index contributed by atoms with van der Waals surface area (Å²) in [6.07, 6.45) is -1.28. The lowest BCUT2D eigenvalue weighted by molar-refractivity contribution is -0.141. The number of carbonyl (C=O) groups is 2. The molecule has 0 heterocycles. The summed E-state index contributed by atoms with van der Waals surface area (Å²) in [4.78, 5) is 22.2. The van der Waals surface area contributed by atoms with E-state index in [1.54, 1.807) is 24.3 Å². The molecule has 2 rings (SSSR count). The molecule has 102 valence electrons. The average molecular weight is 264 g/mol. The molecule has 1 fully saturated rings. The van der Waals surface area contributed by atoms with Crippen molar-refractivity contribution in [1.29, 1.82) is 0 Å². The van der Waals surface area contributed by atoms with Gasteiger partial charge in [0.25, 0.3) is 0 Å². The van der Waals surface area contributed by atoms with E-state index in [-0.39, 0.29) is 11.7 Å². The summed E-state index contributed by atoms with van der Waals surface area (Å²) >= 11 is 0. The molecule has 2 unspecified atom stereocenters. The van der Waals surface area contributed by atoms with Crippen molar-refractivity contribution in [1.82, 2.24) is 0 Å². The van der Waals surface area contributed by atoms with E-state index in [0.717, 1.165) is 12.8 Å². The van der Waals surface area contributed by atoms with E-state index in [1.165, 1.54) is 0 Å². The minimum absolute atomic E-state index is 0.104. The maximum Gasteiger partial charge on any atom is 0.306 e. The normalized spacial score (nSPS) is 17.8. The monoisotopic (exact) mass is 264 g/mol. The summed E-state index contributed by atoms with van der Waals surface area (Å²) in [7, 11) is 0. The van der Waals surface area contributed by atoms with Crippen molar-refractivity contribution in [3.8, 4) is 0 Å². The number of aliphatic carboxylic acids is 1. The van der Waals surface area contributed by atoms with Crippen LogP contribution in [0.4, 0.5) is 0 Å². The first-order valence-corrected chi connectivity index (χ1v) is 6.21. The predicted molar refractivity (Wildman–Crippen MR) is 66.7 cm³/mol. The number of hydrogen-bond acceptors (Lipinski definition) is 4. The van der Waals surface area contributed by atoms with Gasteiger partial charge in [-0.25, -0.2) is 0 Å². The van der Waals surface area contributed by atoms with E-state index < -0.39 is 24.6 Å². The van der Waals surface area contributed by atoms with Gasteiger partial charge >= 0.3 is 5.97 Å². The summed E-state index contributed by atoms with van der Waals surface area (Å²) in [5.74, 6) is -0.937. The number of rotatable bonds is 6. The minimum atomic E-state index is -1.36. The number of carbonyl (C=O) groups excluding carboxylic acids is 1. The van der Waals surface area contributed by atoms with Crippen LogP contribution in [-0.4, -0.2) is 33.2 Å². The Hall–Kier alpha value is -1.72. The number of aliphatic hydroxyl groups is 2. The highest BCUT2D eigenvalue weighted by atomic mass is 16.4. The van der Waals surface area contributed by atoms with E-state index >= 15 is 0 Å². The second kappa shape index (κ2) is 5.50. The summed E-state index contributed by atoms with van der Waals surface area (Å²) in [5.41, 5.74) is 0.993. The molecule has 1 aliphatic carbocycles. The molecule has 0 saturated heterocycles. The van der Waals surface area contributed by atoms with Crippen LogP contribution >= 0.6 is 0 Å². The molecule has 0 aliphatic heterocycles. The van der Waals surface area contributed by atoms with Crippen LogP contribution in [0, 0.1) is 5.92 Å². The van der Waals surface area contributed by atoms with Gasteiger partial charge < -0.3 is 15.3 Å². The zero-order chi connectivity index (χ0) is 14.0. The molecular weight excluding hydrogens is 248 g/mol. The molecule has 1 aliphatic rings. The fraction of sp³-hybridized carbons (Fsp3) is 0.429. The standard InChI is InChI=1S/C14H16O5/c15-11(7-12(16)17)14(19)10-5-3-9(4-6-10)13(18)8-1-2-8/h3-6,8,11,14-15,19H,1-2,7H2,(H,16,17). The van der Waals surface area contributed by atoms with Crippen molar-refractivity contribution in [2.75, 3.05) is 0 Å². The maximum absolute atomic E-state index is 11.8. The first-order valence-electron chi connectivity index (χ1n) is 6.21. The third-order valence-electron chi connectivity index (χ3n) is 3.23. The predicted octanol–water partition coefficient (Wildman–Crippen LogP) is 1.15. The first kappa shape index (κ1) is 13.7. The second-order valence-corrected chi connectivity index (χ2v) is 4.87. The zero-order valence-corrected chi connectivity index (χ0v) is 10.3. The number of benzene rings is 1. The van der Waals surface area contributed by atoms with Gasteiger partial charge in [-0.2, -0.15) is 0 Å². The van der Waals surface area contributed by atoms with Gasteiger partial charge in [-0.15, -0.1) is 0 Å². The minimum Gasteiger partial charge on any atom is -0.481 e. The van der Waals surface area contributed by atoms with E-state index in [9.17, 15) is 19.8 Å². The van der Waals surface area contributed by atoms with Gasteiger partial charge in [-0.3, -0.25) is 9.59 Å². The van der Waals surface area contributed by atoms with Gasteiger partial charge in [0.05, 0.1) is 12.5 Å². The van der Waals surface area contributed by atoms with Crippen LogP contribution < -0.4 is 0 Å². The van der Waals surface area contributed by atoms with Crippen LogP contribution in [-0.2, 0) is 4.79 Å². The molecule has 2 atom stereocenters. The number of aliphatic hydroxyl groups excluding tert-OH is 2. The van der Waals surface area contributed by atoms with Crippen LogP contribution in [0.3, 0.4) is 0 Å². The number of Topliss-reactive ketones (excluding diaryl/α,β-unsaturated/α-hetero) is 1. The Labute approximate surface area is 110 Å². The summed E-state index contributed by atoms with van der Waals surface area (Å²) in [5, 5.41) is 27.9. The fourth-order valence-corrected chi connectivity index (χ4v) is 1.94. The SMILES string of the molecule is O=C(O)CC(O)C(O)c1ccc(C(=O)C2CC2)cc1. The van der Waals surface area contributed by atoms with Gasteiger partial charge in [-0.05, 0) is 18.4 Å². The van der Waals surface area contributed by atoms with Crippen molar-refractivity contribution in [2.45, 2.75) is 31.5 Å². The van der Waals surface area contributed by atoms with Crippen LogP contribution in [0.15, 0.2) is 24.3 Å². The van der Waals surface area contributed by atoms with Gasteiger partial charge in [-0.1, -0.05) is 24.3 Å². The topological polar surface area (TPSA) is 94.8 Å². The highest BCUT2D eigenvalue weighted by Crippen LogP contribution is 2.32. The number of carboxylic acid groups (broad SMARTS) is 1. The molecule has 0 bridgehead atoms. The molecule has 0 spiro atoms. The van der Waals surface area contributed by atoms with Crippen LogP contribution in [0.25, 0.3) is 0 Å². The Morgan fingerprint density at radius 3 is 2.21 bits per heavy atom. The van der Waals surface area contributed by atoms with Gasteiger partial charge in [0.2, 0.25) is 0 Å². The number of ketones is 1. The lowest BCUT2D eigenvalue weighted by atomic mass is 9.99. The highest BCUT2D eigenvalue weighted by molar-refractivity contribution is 5.99. The van der Waals surface area contributed by atoms with Gasteiger partial charge in [0, 0.05) is 11.5 Å². The smallest absolute Gasteiger partial charge is 0.306 e. The van der Waals surface area contributed by atoms with E-state index in [1.807, 2.05) is 0 Å². The largest absolute Gasteiger partial charge is 0.481 e. The molecule has 5 heteroatoms. The van der Waals surface area contributed by atoms with E-state index in [2.05, 4.69) is 0 Å². The summed E-state index contributed by atoms with van der Waals surface area (Å²) in [6, 6.07) is 6.30. The Morgan fingerprint density at radius 2 is 1.74 bits per heavy atom. The average Bonchev–Trinajstić information content (AvgIpc) is 3.20. The zero-order valence-electron chi connectivity index (χ0n) is 10.3. The number of carboxylic acids is 1. The van der Waals surface area contributed by atoms with Crippen LogP contribution in [0.1, 0.15) is 41.3 Å². The third kappa shape index (κ3) is 3.39. The van der Waals surface area contributed by atoms with Crippen molar-refractivity contribution in [2.24, 2.45) is 5.92 Å². The Balaban J connectivity index is 2.04. The Bertz CT molecular complexity index is 475. The van der Waals surface area contributed by atoms with Gasteiger partial charge in [0.15, 0.2) is 5.78 Å². The molecule has 1 aromatic carbocycles. The van der Waals surface area contributed by atoms with Crippen molar-refractivity contribution in [3.63, 3.8) is 0 Å². The molecule has 0 radical (unpaired) electrons. The van der Waals surface area contributed by atoms with E-state index in [0.29, 0.717) is 11.1 Å². The van der Waals surface area contributed by atoms with Crippen LogP contribution in [0.2, 0.25) is 0 Å². The molecular formula is C14H16O5. The van der Waals surface area contributed by atoms with Crippen molar-refractivity contribution >= 4 is 11.8 Å². The number of hydrogen-bond donors (Lipinski definition) is 3. The second-order valence-electron chi connectivity index (χ2n) is 4.87. The molecule has 5 nitrogen and oxygen atoms in total. The maximum atomic E-state index is 11.8. The molecule has 1 aromatic rings. The summed E-state index contributed by atoms with van der Waals surface area (Å²) < 4.78 is 0. The highest BCUT2D eigenvalue weighted by Gasteiger charge is 2.30. The third-order valence-corrected chi connectivity index (χ3v) is 3.23. The first-order chi connectivity index (χ1) is 8.99. The lowest BCUT2D eigenvalue weighted by Crippen LogP contribution is -2.21. The quantitative estimate of drug-likeness (QED) is 0.670. The fourth-order valence-electron chi connectivity index (χ4n) is 1.94. The molecule has 1 saturated carbocycles. The van der Waals surface area contributed by atoms with Gasteiger partial charge in [0.1, 0.15) is 6.10 Å². The van der Waals surface area contributed by atoms with Crippen molar-refractivity contribution < 1.29 is 24.9 Å². The molecule has 0 amide bonds. The molecule has 19 heavy (non-hydrogen) atoms. The van der Waals surface area contributed by atoms with Crippen molar-refractivity contribution in [3.05, 3.63) is 35.4 Å². The summed E-state index contributed by atoms with van der Waals surface area (Å²) in [6.45, 7) is 0. The molecule has 0 aromatic heterocycles. The molecule has 3 N–H and O–H groups in total.